The summed E-state index contributed by atoms with van der Waals surface area (Å²) in [6, 6.07) is 3.91. The highest BCUT2D eigenvalue weighted by atomic mass is 32.1. The predicted octanol–water partition coefficient (Wildman–Crippen LogP) is 2.99. The Bertz CT molecular complexity index is 1530. The molecular formula is C26H33N11S. The molecule has 11 nitrogen and oxygen atoms in total. The minimum absolute atomic E-state index is 0.426. The van der Waals surface area contributed by atoms with Crippen molar-refractivity contribution in [1.29, 1.82) is 0 Å². The lowest BCUT2D eigenvalue weighted by Gasteiger charge is -2.22. The van der Waals surface area contributed by atoms with E-state index in [9.17, 15) is 0 Å². The van der Waals surface area contributed by atoms with E-state index >= 15 is 0 Å². The first kappa shape index (κ1) is 24.7. The normalized spacial score (nSPS) is 19.9. The number of nitrogens with two attached hydrogens (primary N) is 2. The third-order valence-corrected chi connectivity index (χ3v) is 8.15. The van der Waals surface area contributed by atoms with Gasteiger partial charge < -0.3 is 22.1 Å². The molecule has 7 rings (SSSR count). The van der Waals surface area contributed by atoms with Gasteiger partial charge >= 0.3 is 0 Å². The topological polar surface area (TPSA) is 149 Å². The maximum absolute atomic E-state index is 6.16. The lowest BCUT2D eigenvalue weighted by Crippen LogP contribution is -2.29. The molecule has 0 radical (unpaired) electrons. The zero-order valence-electron chi connectivity index (χ0n) is 21.5. The van der Waals surface area contributed by atoms with Crippen LogP contribution in [0.4, 0.5) is 11.6 Å². The molecule has 12 heteroatoms. The van der Waals surface area contributed by atoms with Crippen LogP contribution >= 0.6 is 11.3 Å². The van der Waals surface area contributed by atoms with Gasteiger partial charge in [-0.25, -0.2) is 9.97 Å². The number of fused-ring (bicyclic) bond motifs is 2. The van der Waals surface area contributed by atoms with Crippen LogP contribution in [-0.4, -0.2) is 60.4 Å². The molecule has 198 valence electrons. The molecule has 5 aromatic rings. The van der Waals surface area contributed by atoms with E-state index < -0.39 is 0 Å². The van der Waals surface area contributed by atoms with Gasteiger partial charge in [-0.05, 0) is 45.7 Å². The van der Waals surface area contributed by atoms with Gasteiger partial charge in [-0.1, -0.05) is 0 Å². The molecule has 2 aliphatic rings. The highest BCUT2D eigenvalue weighted by molar-refractivity contribution is 7.13. The van der Waals surface area contributed by atoms with Gasteiger partial charge in [0.25, 0.3) is 0 Å². The number of nitrogens with zero attached hydrogens (tertiary/aromatic N) is 7. The largest absolute Gasteiger partial charge is 0.384 e. The first-order chi connectivity index (χ1) is 18.6. The number of piperidine rings is 2. The number of anilines is 2. The molecule has 0 amide bonds. The lowest BCUT2D eigenvalue weighted by molar-refractivity contribution is 0.455. The molecule has 2 saturated heterocycles. The van der Waals surface area contributed by atoms with Crippen molar-refractivity contribution in [2.24, 2.45) is 0 Å². The van der Waals surface area contributed by atoms with E-state index in [4.69, 9.17) is 21.4 Å². The molecule has 5 aromatic heterocycles. The van der Waals surface area contributed by atoms with Gasteiger partial charge in [0.05, 0.1) is 39.7 Å². The third-order valence-electron chi connectivity index (χ3n) is 7.34. The number of aromatic nitrogens is 7. The van der Waals surface area contributed by atoms with Crippen molar-refractivity contribution in [3.05, 3.63) is 53.2 Å². The number of rotatable bonds is 3. The van der Waals surface area contributed by atoms with Crippen molar-refractivity contribution in [2.45, 2.75) is 44.4 Å². The minimum Gasteiger partial charge on any atom is -0.384 e. The summed E-state index contributed by atoms with van der Waals surface area (Å²) in [6.45, 7) is 6.17. The molecule has 0 aromatic carbocycles. The van der Waals surface area contributed by atoms with Gasteiger partial charge in [-0.15, -0.1) is 11.3 Å². The molecule has 6 N–H and O–H groups in total. The predicted molar refractivity (Wildman–Crippen MR) is 150 cm³/mol. The Morgan fingerprint density at radius 1 is 0.842 bits per heavy atom. The molecule has 2 aliphatic heterocycles. The van der Waals surface area contributed by atoms with Gasteiger partial charge in [0.15, 0.2) is 11.3 Å². The average molecular weight is 532 g/mol. The molecule has 7 heterocycles. The van der Waals surface area contributed by atoms with E-state index in [2.05, 4.69) is 25.8 Å². The van der Waals surface area contributed by atoms with Crippen molar-refractivity contribution < 1.29 is 0 Å². The van der Waals surface area contributed by atoms with E-state index in [1.165, 1.54) is 19.3 Å². The minimum atomic E-state index is 0.426. The van der Waals surface area contributed by atoms with Crippen LogP contribution in [0.25, 0.3) is 21.7 Å². The van der Waals surface area contributed by atoms with Crippen LogP contribution in [0.5, 0.6) is 0 Å². The van der Waals surface area contributed by atoms with E-state index in [0.717, 1.165) is 71.3 Å². The Hall–Kier alpha value is -3.61. The van der Waals surface area contributed by atoms with E-state index in [0.29, 0.717) is 23.5 Å². The van der Waals surface area contributed by atoms with Crippen LogP contribution in [0.2, 0.25) is 0 Å². The number of aryl methyl sites for hydroxylation is 1. The number of hydrogen-bond acceptors (Lipinski definition) is 10. The van der Waals surface area contributed by atoms with Crippen LogP contribution in [0.15, 0.2) is 36.2 Å². The average Bonchev–Trinajstić information content (AvgIpc) is 3.71. The van der Waals surface area contributed by atoms with Crippen LogP contribution in [0.3, 0.4) is 0 Å². The fourth-order valence-electron chi connectivity index (χ4n) is 5.27. The van der Waals surface area contributed by atoms with Crippen molar-refractivity contribution >= 4 is 34.3 Å². The summed E-state index contributed by atoms with van der Waals surface area (Å²) in [5.41, 5.74) is 19.9. The summed E-state index contributed by atoms with van der Waals surface area (Å²) in [4.78, 5) is 14.7. The monoisotopic (exact) mass is 531 g/mol. The Labute approximate surface area is 224 Å². The molecule has 0 aliphatic carbocycles. The van der Waals surface area contributed by atoms with E-state index in [1.807, 2.05) is 43.2 Å². The maximum Gasteiger partial charge on any atom is 0.166 e. The molecule has 38 heavy (non-hydrogen) atoms. The lowest BCUT2D eigenvalue weighted by atomic mass is 9.96. The standard InChI is InChI=1S/C14H16N6S.C12H17N5/c15-13-4-11(9-2-1-3-16-5-9)19-14-10(6-18-20(13)14)12-7-17-8-21-12;1-8-6-15-17-11(13)5-10(16-12(8)17)9-3-2-4-14-7-9/h4,6-9,16H,1-3,5,15H2;5-6,9,14H,2-4,7,13H2,1H3. The Morgan fingerprint density at radius 2 is 1.45 bits per heavy atom. The Kier molecular flexibility index (Phi) is 6.92. The molecule has 0 saturated carbocycles. The van der Waals surface area contributed by atoms with Crippen molar-refractivity contribution in [2.75, 3.05) is 37.6 Å². The van der Waals surface area contributed by atoms with Crippen molar-refractivity contribution in [3.63, 3.8) is 0 Å². The van der Waals surface area contributed by atoms with Gasteiger partial charge in [-0.2, -0.15) is 19.2 Å². The van der Waals surface area contributed by atoms with Crippen LogP contribution in [0.1, 0.15) is 54.5 Å². The number of nitrogens with one attached hydrogen (secondary N) is 2. The maximum atomic E-state index is 6.16. The van der Waals surface area contributed by atoms with Crippen LogP contribution < -0.4 is 22.1 Å². The molecule has 0 bridgehead atoms. The summed E-state index contributed by atoms with van der Waals surface area (Å²) >= 11 is 1.59. The van der Waals surface area contributed by atoms with Gasteiger partial charge in [-0.3, -0.25) is 4.98 Å². The third kappa shape index (κ3) is 4.82. The zero-order chi connectivity index (χ0) is 26.1. The Balaban J connectivity index is 0.000000142. The second kappa shape index (κ2) is 10.6. The number of hydrogen-bond donors (Lipinski definition) is 4. The Morgan fingerprint density at radius 3 is 2.03 bits per heavy atom. The second-order valence-corrected chi connectivity index (χ2v) is 10.9. The molecule has 2 atom stereocenters. The molecular weight excluding hydrogens is 498 g/mol. The van der Waals surface area contributed by atoms with E-state index in [-0.39, 0.29) is 0 Å². The van der Waals surface area contributed by atoms with Crippen LogP contribution in [-0.2, 0) is 0 Å². The fourth-order valence-corrected chi connectivity index (χ4v) is 5.90. The van der Waals surface area contributed by atoms with Crippen molar-refractivity contribution in [1.82, 2.24) is 44.8 Å². The number of nitrogen functional groups attached to an aromatic ring is 2. The SMILES string of the molecule is Cc1cnn2c(N)cc(C3CCCNC3)nc12.Nc1cc(C2CCCNC2)nc2c(-c3cncs3)cnn12. The zero-order valence-corrected chi connectivity index (χ0v) is 22.3. The fraction of sp³-hybridized carbons (Fsp3) is 0.423. The number of thiazole rings is 1. The van der Waals surface area contributed by atoms with Crippen LogP contribution in [0, 0.1) is 6.92 Å². The van der Waals surface area contributed by atoms with Gasteiger partial charge in [0.1, 0.15) is 11.6 Å². The summed E-state index contributed by atoms with van der Waals surface area (Å²) < 4.78 is 3.41. The summed E-state index contributed by atoms with van der Waals surface area (Å²) in [7, 11) is 0. The molecule has 0 spiro atoms. The first-order valence-electron chi connectivity index (χ1n) is 13.1. The quantitative estimate of drug-likeness (QED) is 0.275. The highest BCUT2D eigenvalue weighted by Gasteiger charge is 2.21. The molecule has 2 unspecified atom stereocenters. The highest BCUT2D eigenvalue weighted by Crippen LogP contribution is 2.30. The van der Waals surface area contributed by atoms with Gasteiger partial charge in [0.2, 0.25) is 0 Å². The molecule has 2 fully saturated rings. The summed E-state index contributed by atoms with van der Waals surface area (Å²) in [5, 5.41) is 15.4. The second-order valence-electron chi connectivity index (χ2n) is 10.0. The van der Waals surface area contributed by atoms with Crippen molar-refractivity contribution in [3.8, 4) is 10.4 Å². The van der Waals surface area contributed by atoms with E-state index in [1.54, 1.807) is 20.4 Å². The van der Waals surface area contributed by atoms with Gasteiger partial charge in [0, 0.05) is 48.8 Å². The first-order valence-corrected chi connectivity index (χ1v) is 14.0. The summed E-state index contributed by atoms with van der Waals surface area (Å²) in [5.74, 6) is 2.21. The summed E-state index contributed by atoms with van der Waals surface area (Å²) in [6.07, 6.45) is 10.2. The smallest absolute Gasteiger partial charge is 0.166 e.